The van der Waals surface area contributed by atoms with Crippen molar-refractivity contribution in [3.8, 4) is 0 Å². The Balaban J connectivity index is 1.85. The van der Waals surface area contributed by atoms with Gasteiger partial charge >= 0.3 is 0 Å². The van der Waals surface area contributed by atoms with Crippen LogP contribution in [0.1, 0.15) is 52.8 Å². The predicted molar refractivity (Wildman–Crippen MR) is 94.3 cm³/mol. The fourth-order valence-corrected chi connectivity index (χ4v) is 3.29. The van der Waals surface area contributed by atoms with Gasteiger partial charge in [0.1, 0.15) is 0 Å². The van der Waals surface area contributed by atoms with Gasteiger partial charge in [-0.2, -0.15) is 5.10 Å². The summed E-state index contributed by atoms with van der Waals surface area (Å²) in [6.45, 7) is 6.62. The molecule has 0 bridgehead atoms. The second-order valence-electron chi connectivity index (χ2n) is 6.69. The van der Waals surface area contributed by atoms with Gasteiger partial charge in [0.05, 0.1) is 24.5 Å². The molecule has 0 spiro atoms. The molecule has 1 aliphatic heterocycles. The van der Waals surface area contributed by atoms with Crippen LogP contribution in [0.25, 0.3) is 0 Å². The Bertz CT molecular complexity index is 739. The van der Waals surface area contributed by atoms with Crippen LogP contribution in [0, 0.1) is 6.92 Å². The van der Waals surface area contributed by atoms with Crippen LogP contribution in [-0.4, -0.2) is 45.4 Å². The summed E-state index contributed by atoms with van der Waals surface area (Å²) in [7, 11) is 0. The van der Waals surface area contributed by atoms with Crippen LogP contribution in [0.15, 0.2) is 24.3 Å². The Kier molecular flexibility index (Phi) is 5.20. The minimum absolute atomic E-state index is 0.0510. The second-order valence-corrected chi connectivity index (χ2v) is 6.69. The van der Waals surface area contributed by atoms with E-state index in [1.54, 1.807) is 4.90 Å². The SMILES string of the molecule is Cc1ccc(CN(CCO)C(=O)c2n[nH]c3c2C[C@@H](C)O[C@H]3C)cc1. The Morgan fingerprint density at radius 1 is 1.36 bits per heavy atom. The van der Waals surface area contributed by atoms with Crippen molar-refractivity contribution in [2.75, 3.05) is 13.2 Å². The molecule has 1 aromatic heterocycles. The van der Waals surface area contributed by atoms with Gasteiger partial charge in [0.2, 0.25) is 0 Å². The number of aliphatic hydroxyl groups excluding tert-OH is 1. The van der Waals surface area contributed by atoms with Crippen molar-refractivity contribution >= 4 is 5.91 Å². The number of hydrogen-bond donors (Lipinski definition) is 2. The Morgan fingerprint density at radius 2 is 2.08 bits per heavy atom. The molecule has 3 rings (SSSR count). The third-order valence-corrected chi connectivity index (χ3v) is 4.59. The molecule has 0 fully saturated rings. The molecule has 2 aromatic rings. The van der Waals surface area contributed by atoms with Crippen LogP contribution >= 0.6 is 0 Å². The number of H-pyrrole nitrogens is 1. The van der Waals surface area contributed by atoms with Gasteiger partial charge in [0.25, 0.3) is 5.91 Å². The monoisotopic (exact) mass is 343 g/mol. The molecule has 0 radical (unpaired) electrons. The highest BCUT2D eigenvalue weighted by atomic mass is 16.5. The van der Waals surface area contributed by atoms with Crippen molar-refractivity contribution in [2.24, 2.45) is 0 Å². The molecule has 1 aliphatic rings. The molecule has 1 amide bonds. The molecule has 0 saturated carbocycles. The molecule has 2 atom stereocenters. The Hall–Kier alpha value is -2.18. The van der Waals surface area contributed by atoms with Crippen molar-refractivity contribution < 1.29 is 14.6 Å². The number of aromatic amines is 1. The largest absolute Gasteiger partial charge is 0.395 e. The molecule has 6 heteroatoms. The number of ether oxygens (including phenoxy) is 1. The standard InChI is InChI=1S/C19H25N3O3/c1-12-4-6-15(7-5-12)11-22(8-9-23)19(24)18-16-10-13(2)25-14(3)17(16)20-21-18/h4-7,13-14,23H,8-11H2,1-3H3,(H,20,21)/t13-,14+/m1/s1. The van der Waals surface area contributed by atoms with Gasteiger partial charge in [0, 0.05) is 25.1 Å². The van der Waals surface area contributed by atoms with Crippen LogP contribution in [0.5, 0.6) is 0 Å². The van der Waals surface area contributed by atoms with Crippen molar-refractivity contribution in [3.05, 3.63) is 52.3 Å². The third-order valence-electron chi connectivity index (χ3n) is 4.59. The van der Waals surface area contributed by atoms with E-state index in [0.717, 1.165) is 16.8 Å². The first kappa shape index (κ1) is 17.6. The van der Waals surface area contributed by atoms with Crippen LogP contribution in [0.3, 0.4) is 0 Å². The number of amides is 1. The number of nitrogens with zero attached hydrogens (tertiary/aromatic N) is 2. The lowest BCUT2D eigenvalue weighted by Crippen LogP contribution is -2.34. The highest BCUT2D eigenvalue weighted by Crippen LogP contribution is 2.30. The maximum Gasteiger partial charge on any atom is 0.275 e. The van der Waals surface area contributed by atoms with Gasteiger partial charge in [0.15, 0.2) is 5.69 Å². The van der Waals surface area contributed by atoms with E-state index < -0.39 is 0 Å². The molecule has 2 heterocycles. The highest BCUT2D eigenvalue weighted by Gasteiger charge is 2.31. The van der Waals surface area contributed by atoms with E-state index in [0.29, 0.717) is 18.7 Å². The van der Waals surface area contributed by atoms with Crippen LogP contribution < -0.4 is 0 Å². The van der Waals surface area contributed by atoms with Gasteiger partial charge in [-0.1, -0.05) is 29.8 Å². The van der Waals surface area contributed by atoms with Crippen molar-refractivity contribution in [1.82, 2.24) is 15.1 Å². The summed E-state index contributed by atoms with van der Waals surface area (Å²) >= 11 is 0. The average molecular weight is 343 g/mol. The molecule has 0 aliphatic carbocycles. The molecule has 6 nitrogen and oxygen atoms in total. The molecule has 0 saturated heterocycles. The zero-order valence-electron chi connectivity index (χ0n) is 15.0. The fraction of sp³-hybridized carbons (Fsp3) is 0.474. The molecule has 134 valence electrons. The van der Waals surface area contributed by atoms with Gasteiger partial charge < -0.3 is 14.7 Å². The van der Waals surface area contributed by atoms with Crippen LogP contribution in [0.4, 0.5) is 0 Å². The zero-order chi connectivity index (χ0) is 18.0. The topological polar surface area (TPSA) is 78.5 Å². The van der Waals surface area contributed by atoms with Gasteiger partial charge in [-0.25, -0.2) is 0 Å². The Labute approximate surface area is 147 Å². The first-order chi connectivity index (χ1) is 12.0. The lowest BCUT2D eigenvalue weighted by Gasteiger charge is -2.26. The number of benzene rings is 1. The molecular weight excluding hydrogens is 318 g/mol. The van der Waals surface area contributed by atoms with E-state index in [-0.39, 0.29) is 31.3 Å². The summed E-state index contributed by atoms with van der Waals surface area (Å²) in [6.07, 6.45) is 0.612. The fourth-order valence-electron chi connectivity index (χ4n) is 3.29. The van der Waals surface area contributed by atoms with E-state index >= 15 is 0 Å². The number of carbonyl (C=O) groups excluding carboxylic acids is 1. The maximum absolute atomic E-state index is 13.0. The van der Waals surface area contributed by atoms with Crippen LogP contribution in [-0.2, 0) is 17.7 Å². The number of nitrogens with one attached hydrogen (secondary N) is 1. The number of aromatic nitrogens is 2. The number of hydrogen-bond acceptors (Lipinski definition) is 4. The van der Waals surface area contributed by atoms with Gasteiger partial charge in [-0.05, 0) is 26.3 Å². The minimum atomic E-state index is -0.159. The average Bonchev–Trinajstić information content (AvgIpc) is 3.00. The lowest BCUT2D eigenvalue weighted by atomic mass is 9.99. The van der Waals surface area contributed by atoms with Crippen LogP contribution in [0.2, 0.25) is 0 Å². The predicted octanol–water partition coefficient (Wildman–Crippen LogP) is 2.38. The highest BCUT2D eigenvalue weighted by molar-refractivity contribution is 5.94. The number of aliphatic hydroxyl groups is 1. The normalized spacial score (nSPS) is 19.5. The molecule has 25 heavy (non-hydrogen) atoms. The second kappa shape index (κ2) is 7.37. The summed E-state index contributed by atoms with van der Waals surface area (Å²) in [5.74, 6) is -0.159. The number of aryl methyl sites for hydroxylation is 1. The summed E-state index contributed by atoms with van der Waals surface area (Å²) in [5.41, 5.74) is 4.45. The first-order valence-corrected chi connectivity index (χ1v) is 8.68. The van der Waals surface area contributed by atoms with E-state index in [1.165, 1.54) is 5.56 Å². The smallest absolute Gasteiger partial charge is 0.275 e. The summed E-state index contributed by atoms with van der Waals surface area (Å²) in [6, 6.07) is 8.05. The van der Waals surface area contributed by atoms with Gasteiger partial charge in [-0.15, -0.1) is 0 Å². The summed E-state index contributed by atoms with van der Waals surface area (Å²) in [4.78, 5) is 14.7. The van der Waals surface area contributed by atoms with Crippen molar-refractivity contribution in [3.63, 3.8) is 0 Å². The third kappa shape index (κ3) is 3.75. The number of rotatable bonds is 5. The number of carbonyl (C=O) groups is 1. The summed E-state index contributed by atoms with van der Waals surface area (Å²) < 4.78 is 5.78. The molecule has 2 N–H and O–H groups in total. The quantitative estimate of drug-likeness (QED) is 0.874. The van der Waals surface area contributed by atoms with E-state index in [2.05, 4.69) is 10.2 Å². The molecular formula is C19H25N3O3. The molecule has 1 aromatic carbocycles. The van der Waals surface area contributed by atoms with Crippen molar-refractivity contribution in [1.29, 1.82) is 0 Å². The van der Waals surface area contributed by atoms with E-state index in [4.69, 9.17) is 4.74 Å². The molecule has 0 unspecified atom stereocenters. The lowest BCUT2D eigenvalue weighted by molar-refractivity contribution is -0.00703. The first-order valence-electron chi connectivity index (χ1n) is 8.68. The van der Waals surface area contributed by atoms with Gasteiger partial charge in [-0.3, -0.25) is 9.89 Å². The minimum Gasteiger partial charge on any atom is -0.395 e. The van der Waals surface area contributed by atoms with E-state index in [9.17, 15) is 9.90 Å². The van der Waals surface area contributed by atoms with E-state index in [1.807, 2.05) is 45.0 Å². The maximum atomic E-state index is 13.0. The zero-order valence-corrected chi connectivity index (χ0v) is 15.0. The summed E-state index contributed by atoms with van der Waals surface area (Å²) in [5, 5.41) is 16.6. The number of fused-ring (bicyclic) bond motifs is 1. The van der Waals surface area contributed by atoms with Crippen molar-refractivity contribution in [2.45, 2.75) is 45.9 Å². The Morgan fingerprint density at radius 3 is 2.76 bits per heavy atom.